The first-order valence-electron chi connectivity index (χ1n) is 8.97. The summed E-state index contributed by atoms with van der Waals surface area (Å²) in [5.74, 6) is 1.57. The molecule has 2 N–H and O–H groups in total. The van der Waals surface area contributed by atoms with E-state index in [0.717, 1.165) is 24.4 Å². The van der Waals surface area contributed by atoms with Gasteiger partial charge in [-0.2, -0.15) is 4.98 Å². The van der Waals surface area contributed by atoms with Crippen molar-refractivity contribution in [1.29, 1.82) is 0 Å². The summed E-state index contributed by atoms with van der Waals surface area (Å²) >= 11 is 0. The molecule has 1 atom stereocenters. The van der Waals surface area contributed by atoms with Crippen LogP contribution in [0.15, 0.2) is 28.8 Å². The first kappa shape index (κ1) is 19.1. The molecule has 0 radical (unpaired) electrons. The van der Waals surface area contributed by atoms with Gasteiger partial charge in [0.15, 0.2) is 0 Å². The molecule has 0 saturated carbocycles. The molecule has 1 saturated heterocycles. The zero-order valence-corrected chi connectivity index (χ0v) is 15.6. The van der Waals surface area contributed by atoms with Gasteiger partial charge in [0.2, 0.25) is 11.7 Å². The fraction of sp³-hybridized carbons (Fsp3) is 0.500. The maximum Gasteiger partial charge on any atom is 0.318 e. The zero-order valence-electron chi connectivity index (χ0n) is 15.6. The highest BCUT2D eigenvalue weighted by molar-refractivity contribution is 5.74. The fourth-order valence-electron chi connectivity index (χ4n) is 2.92. The van der Waals surface area contributed by atoms with E-state index in [2.05, 4.69) is 20.4 Å². The molecule has 0 bridgehead atoms. The second-order valence-corrected chi connectivity index (χ2v) is 6.41. The lowest BCUT2D eigenvalue weighted by Gasteiger charge is -2.34. The SMILES string of the molecule is COc1ccc(-c2noc(C(C)NC(=O)N3CCN(CCO)CC3)n2)cc1. The standard InChI is InChI=1S/C18H25N5O4/c1-13(19-18(25)23-9-7-22(8-10-23)11-12-24)17-20-16(21-27-17)14-3-5-15(26-2)6-4-14/h3-6,13,24H,7-12H2,1-2H3,(H,19,25). The molecule has 3 rings (SSSR count). The van der Waals surface area contributed by atoms with Gasteiger partial charge in [-0.15, -0.1) is 0 Å². The first-order valence-corrected chi connectivity index (χ1v) is 8.97. The van der Waals surface area contributed by atoms with E-state index in [4.69, 9.17) is 14.4 Å². The molecule has 1 aromatic heterocycles. The number of carbonyl (C=O) groups excluding carboxylic acids is 1. The van der Waals surface area contributed by atoms with Crippen molar-refractivity contribution in [3.8, 4) is 17.1 Å². The number of rotatable bonds is 6. The summed E-state index contributed by atoms with van der Waals surface area (Å²) in [5, 5.41) is 15.9. The molecule has 0 aliphatic carbocycles. The predicted octanol–water partition coefficient (Wildman–Crippen LogP) is 1.13. The third-order valence-electron chi connectivity index (χ3n) is 4.58. The zero-order chi connectivity index (χ0) is 19.2. The fourth-order valence-corrected chi connectivity index (χ4v) is 2.92. The van der Waals surface area contributed by atoms with Gasteiger partial charge in [0.05, 0.1) is 13.7 Å². The summed E-state index contributed by atoms with van der Waals surface area (Å²) in [5.41, 5.74) is 0.810. The van der Waals surface area contributed by atoms with Crippen LogP contribution in [0.1, 0.15) is 18.9 Å². The summed E-state index contributed by atoms with van der Waals surface area (Å²) in [4.78, 5) is 20.7. The average molecular weight is 375 g/mol. The Labute approximate surface area is 157 Å². The van der Waals surface area contributed by atoms with Crippen LogP contribution in [0.25, 0.3) is 11.4 Å². The van der Waals surface area contributed by atoms with Crippen molar-refractivity contribution in [3.63, 3.8) is 0 Å². The maximum absolute atomic E-state index is 12.4. The van der Waals surface area contributed by atoms with Gasteiger partial charge < -0.3 is 24.6 Å². The second-order valence-electron chi connectivity index (χ2n) is 6.41. The number of β-amino-alcohol motifs (C(OH)–C–C–N with tert-alkyl or cyclic N) is 1. The van der Waals surface area contributed by atoms with E-state index in [1.54, 1.807) is 12.0 Å². The number of urea groups is 1. The number of ether oxygens (including phenoxy) is 1. The molecule has 2 heterocycles. The number of benzene rings is 1. The molecule has 0 spiro atoms. The molecule has 1 fully saturated rings. The number of piperazine rings is 1. The third kappa shape index (κ3) is 4.75. The number of nitrogens with one attached hydrogen (secondary N) is 1. The smallest absolute Gasteiger partial charge is 0.318 e. The van der Waals surface area contributed by atoms with Gasteiger partial charge in [-0.05, 0) is 31.2 Å². The maximum atomic E-state index is 12.4. The highest BCUT2D eigenvalue weighted by Gasteiger charge is 2.24. The summed E-state index contributed by atoms with van der Waals surface area (Å²) in [6.45, 7) is 5.35. The minimum atomic E-state index is -0.396. The summed E-state index contributed by atoms with van der Waals surface area (Å²) < 4.78 is 10.5. The van der Waals surface area contributed by atoms with Crippen molar-refractivity contribution in [1.82, 2.24) is 25.3 Å². The predicted molar refractivity (Wildman–Crippen MR) is 98.3 cm³/mol. The van der Waals surface area contributed by atoms with Crippen LogP contribution in [-0.4, -0.2) is 77.5 Å². The van der Waals surface area contributed by atoms with E-state index in [0.29, 0.717) is 31.3 Å². The van der Waals surface area contributed by atoms with Crippen molar-refractivity contribution >= 4 is 6.03 Å². The Hall–Kier alpha value is -2.65. The summed E-state index contributed by atoms with van der Waals surface area (Å²) in [6.07, 6.45) is 0. The topological polar surface area (TPSA) is 104 Å². The molecule has 2 aromatic rings. The summed E-state index contributed by atoms with van der Waals surface area (Å²) in [6, 6.07) is 6.80. The third-order valence-corrected chi connectivity index (χ3v) is 4.58. The highest BCUT2D eigenvalue weighted by Crippen LogP contribution is 2.21. The van der Waals surface area contributed by atoms with Gasteiger partial charge >= 0.3 is 6.03 Å². The van der Waals surface area contributed by atoms with Crippen molar-refractivity contribution in [2.75, 3.05) is 46.4 Å². The van der Waals surface area contributed by atoms with Crippen LogP contribution in [0, 0.1) is 0 Å². The van der Waals surface area contributed by atoms with Gasteiger partial charge in [-0.25, -0.2) is 4.79 Å². The van der Waals surface area contributed by atoms with Crippen LogP contribution in [0.4, 0.5) is 4.79 Å². The Morgan fingerprint density at radius 1 is 1.30 bits per heavy atom. The molecule has 1 aromatic carbocycles. The number of hydrogen-bond donors (Lipinski definition) is 2. The largest absolute Gasteiger partial charge is 0.497 e. The highest BCUT2D eigenvalue weighted by atomic mass is 16.5. The molecule has 27 heavy (non-hydrogen) atoms. The molecule has 146 valence electrons. The van der Waals surface area contributed by atoms with Gasteiger partial charge in [0.25, 0.3) is 0 Å². The number of methoxy groups -OCH3 is 1. The van der Waals surface area contributed by atoms with Crippen LogP contribution in [0.5, 0.6) is 5.75 Å². The van der Waals surface area contributed by atoms with Crippen LogP contribution in [0.2, 0.25) is 0 Å². The Balaban J connectivity index is 1.56. The Morgan fingerprint density at radius 3 is 2.63 bits per heavy atom. The van der Waals surface area contributed by atoms with E-state index in [-0.39, 0.29) is 12.6 Å². The van der Waals surface area contributed by atoms with Gasteiger partial charge in [-0.1, -0.05) is 5.16 Å². The molecule has 1 unspecified atom stereocenters. The number of carbonyl (C=O) groups is 1. The Morgan fingerprint density at radius 2 is 2.00 bits per heavy atom. The normalized spacial score (nSPS) is 16.2. The van der Waals surface area contributed by atoms with Gasteiger partial charge in [-0.3, -0.25) is 4.90 Å². The monoisotopic (exact) mass is 375 g/mol. The lowest BCUT2D eigenvalue weighted by molar-refractivity contribution is 0.120. The van der Waals surface area contributed by atoms with E-state index >= 15 is 0 Å². The van der Waals surface area contributed by atoms with Crippen molar-refractivity contribution < 1.29 is 19.2 Å². The quantitative estimate of drug-likeness (QED) is 0.780. The molecular weight excluding hydrogens is 350 g/mol. The van der Waals surface area contributed by atoms with E-state index < -0.39 is 6.04 Å². The number of aliphatic hydroxyl groups is 1. The number of nitrogens with zero attached hydrogens (tertiary/aromatic N) is 4. The van der Waals surface area contributed by atoms with Crippen molar-refractivity contribution in [3.05, 3.63) is 30.2 Å². The second kappa shape index (κ2) is 8.83. The number of amides is 2. The minimum absolute atomic E-state index is 0.136. The van der Waals surface area contributed by atoms with Crippen LogP contribution < -0.4 is 10.1 Å². The van der Waals surface area contributed by atoms with Gasteiger partial charge in [0.1, 0.15) is 11.8 Å². The molecule has 2 amide bonds. The van der Waals surface area contributed by atoms with Crippen molar-refractivity contribution in [2.24, 2.45) is 0 Å². The lowest BCUT2D eigenvalue weighted by Crippen LogP contribution is -2.52. The molecular formula is C18H25N5O4. The first-order chi connectivity index (χ1) is 13.1. The average Bonchev–Trinajstić information content (AvgIpc) is 3.19. The van der Waals surface area contributed by atoms with E-state index in [1.165, 1.54) is 0 Å². The molecule has 9 nitrogen and oxygen atoms in total. The van der Waals surface area contributed by atoms with E-state index in [9.17, 15) is 4.79 Å². The summed E-state index contributed by atoms with van der Waals surface area (Å²) in [7, 11) is 1.61. The van der Waals surface area contributed by atoms with Crippen molar-refractivity contribution in [2.45, 2.75) is 13.0 Å². The van der Waals surface area contributed by atoms with Crippen LogP contribution in [-0.2, 0) is 0 Å². The Bertz CT molecular complexity index is 740. The minimum Gasteiger partial charge on any atom is -0.497 e. The lowest BCUT2D eigenvalue weighted by atomic mass is 10.2. The molecule has 1 aliphatic heterocycles. The molecule has 1 aliphatic rings. The van der Waals surface area contributed by atoms with Gasteiger partial charge in [0, 0.05) is 38.3 Å². The number of aromatic nitrogens is 2. The van der Waals surface area contributed by atoms with Crippen LogP contribution >= 0.6 is 0 Å². The molecule has 9 heteroatoms. The number of aliphatic hydroxyl groups excluding tert-OH is 1. The number of hydrogen-bond acceptors (Lipinski definition) is 7. The Kier molecular flexibility index (Phi) is 6.25. The van der Waals surface area contributed by atoms with Crippen LogP contribution in [0.3, 0.4) is 0 Å². The van der Waals surface area contributed by atoms with E-state index in [1.807, 2.05) is 31.2 Å².